The van der Waals surface area contributed by atoms with E-state index in [4.69, 9.17) is 4.55 Å². The van der Waals surface area contributed by atoms with Gasteiger partial charge < -0.3 is 14.7 Å². The van der Waals surface area contributed by atoms with Crippen LogP contribution in [0.1, 0.15) is 23.2 Å². The summed E-state index contributed by atoms with van der Waals surface area (Å²) in [6, 6.07) is 3.18. The van der Waals surface area contributed by atoms with Gasteiger partial charge in [0, 0.05) is 16.7 Å². The zero-order chi connectivity index (χ0) is 22.9. The van der Waals surface area contributed by atoms with Crippen LogP contribution in [0.2, 0.25) is 0 Å². The van der Waals surface area contributed by atoms with Gasteiger partial charge in [-0.05, 0) is 70.2 Å². The zero-order valence-corrected chi connectivity index (χ0v) is 20.2. The summed E-state index contributed by atoms with van der Waals surface area (Å²) < 4.78 is 74.4. The summed E-state index contributed by atoms with van der Waals surface area (Å²) in [5.74, 6) is -4.66. The Morgan fingerprint density at radius 2 is 1.80 bits per heavy atom. The minimum Gasteiger partial charge on any atom is -0.506 e. The number of esters is 1. The second-order valence-corrected chi connectivity index (χ2v) is 10.5. The van der Waals surface area contributed by atoms with E-state index in [-0.39, 0.29) is 37.2 Å². The molecular formula is C16H16F3I2NO7S. The topological polar surface area (TPSA) is 121 Å². The third kappa shape index (κ3) is 6.81. The lowest BCUT2D eigenvalue weighted by atomic mass is 9.96. The van der Waals surface area contributed by atoms with Gasteiger partial charge in [-0.1, -0.05) is 0 Å². The lowest BCUT2D eigenvalue weighted by molar-refractivity contribution is -0.218. The summed E-state index contributed by atoms with van der Waals surface area (Å²) in [7, 11) is -5.02. The molecule has 0 spiro atoms. The van der Waals surface area contributed by atoms with E-state index in [1.54, 1.807) is 6.07 Å². The van der Waals surface area contributed by atoms with Crippen LogP contribution in [0.4, 0.5) is 13.2 Å². The van der Waals surface area contributed by atoms with Crippen molar-refractivity contribution in [2.24, 2.45) is 5.92 Å². The van der Waals surface area contributed by atoms with Crippen LogP contribution >= 0.6 is 45.2 Å². The molecule has 1 fully saturated rings. The van der Waals surface area contributed by atoms with Gasteiger partial charge in [-0.15, -0.1) is 0 Å². The van der Waals surface area contributed by atoms with Crippen molar-refractivity contribution in [3.8, 4) is 5.75 Å². The predicted octanol–water partition coefficient (Wildman–Crippen LogP) is 2.82. The molecule has 30 heavy (non-hydrogen) atoms. The van der Waals surface area contributed by atoms with Crippen LogP contribution in [-0.4, -0.2) is 66.0 Å². The highest BCUT2D eigenvalue weighted by Gasteiger charge is 2.46. The van der Waals surface area contributed by atoms with E-state index >= 15 is 0 Å². The van der Waals surface area contributed by atoms with Crippen molar-refractivity contribution < 1.29 is 45.6 Å². The molecule has 14 heteroatoms. The molecule has 1 aliphatic rings. The molecule has 0 aromatic heterocycles. The van der Waals surface area contributed by atoms with Crippen LogP contribution in [0.3, 0.4) is 0 Å². The smallest absolute Gasteiger partial charge is 0.426 e. The van der Waals surface area contributed by atoms with Crippen LogP contribution in [0.25, 0.3) is 0 Å². The zero-order valence-electron chi connectivity index (χ0n) is 15.0. The van der Waals surface area contributed by atoms with Gasteiger partial charge in [0.15, 0.2) is 0 Å². The largest absolute Gasteiger partial charge is 0.506 e. The van der Waals surface area contributed by atoms with Crippen molar-refractivity contribution in [1.29, 1.82) is 0 Å². The molecule has 0 bridgehead atoms. The maximum atomic E-state index is 12.9. The van der Waals surface area contributed by atoms with Crippen molar-refractivity contribution in [2.45, 2.75) is 25.1 Å². The van der Waals surface area contributed by atoms with Gasteiger partial charge in [0.25, 0.3) is 16.0 Å². The molecule has 1 atom stereocenters. The molecule has 1 aromatic rings. The van der Waals surface area contributed by atoms with E-state index in [1.807, 2.05) is 45.2 Å². The van der Waals surface area contributed by atoms with Crippen molar-refractivity contribution in [3.05, 3.63) is 24.8 Å². The molecule has 0 saturated carbocycles. The number of piperidine rings is 1. The van der Waals surface area contributed by atoms with Crippen LogP contribution in [0, 0.1) is 13.1 Å². The minimum absolute atomic E-state index is 0.00278. The van der Waals surface area contributed by atoms with Crippen molar-refractivity contribution in [1.82, 2.24) is 4.90 Å². The van der Waals surface area contributed by atoms with Crippen molar-refractivity contribution in [3.63, 3.8) is 0 Å². The molecule has 0 radical (unpaired) electrons. The Balaban J connectivity index is 2.03. The summed E-state index contributed by atoms with van der Waals surface area (Å²) >= 11 is 3.87. The quantitative estimate of drug-likeness (QED) is 0.280. The van der Waals surface area contributed by atoms with Gasteiger partial charge >= 0.3 is 12.1 Å². The predicted molar refractivity (Wildman–Crippen MR) is 115 cm³/mol. The average molecular weight is 677 g/mol. The fraction of sp³-hybridized carbons (Fsp3) is 0.500. The number of benzene rings is 1. The number of carbonyl (C=O) groups is 2. The highest BCUT2D eigenvalue weighted by atomic mass is 127. The minimum atomic E-state index is -5.17. The number of hydrogen-bond donors (Lipinski definition) is 2. The first kappa shape index (κ1) is 25.4. The molecular weight excluding hydrogens is 661 g/mol. The number of nitrogens with zero attached hydrogens (tertiary/aromatic N) is 1. The van der Waals surface area contributed by atoms with E-state index in [9.17, 15) is 36.3 Å². The Morgan fingerprint density at radius 3 is 2.30 bits per heavy atom. The maximum Gasteiger partial charge on any atom is 0.426 e. The Morgan fingerprint density at radius 1 is 1.23 bits per heavy atom. The Labute approximate surface area is 197 Å². The number of phenolic OH excluding ortho intramolecular Hbond substituents is 1. The van der Waals surface area contributed by atoms with E-state index in [0.717, 1.165) is 3.57 Å². The average Bonchev–Trinajstić information content (AvgIpc) is 2.61. The lowest BCUT2D eigenvalue weighted by Gasteiger charge is -2.32. The number of phenols is 1. The number of alkyl halides is 3. The first-order valence-corrected chi connectivity index (χ1v) is 12.2. The van der Waals surface area contributed by atoms with Crippen molar-refractivity contribution >= 4 is 67.2 Å². The highest BCUT2D eigenvalue weighted by molar-refractivity contribution is 14.1. The van der Waals surface area contributed by atoms with Crippen LogP contribution in [-0.2, 0) is 19.6 Å². The van der Waals surface area contributed by atoms with Crippen LogP contribution in [0.5, 0.6) is 5.75 Å². The van der Waals surface area contributed by atoms with Gasteiger partial charge in [-0.3, -0.25) is 14.1 Å². The molecule has 2 rings (SSSR count). The summed E-state index contributed by atoms with van der Waals surface area (Å²) in [5, 5.41) is 10.1. The van der Waals surface area contributed by atoms with Crippen LogP contribution < -0.4 is 0 Å². The summed E-state index contributed by atoms with van der Waals surface area (Å²) in [6.07, 6.45) is -8.14. The number of aromatic hydroxyl groups is 1. The first-order valence-electron chi connectivity index (χ1n) is 8.38. The summed E-state index contributed by atoms with van der Waals surface area (Å²) in [5.41, 5.74) is 0.0811. The third-order valence-corrected chi connectivity index (χ3v) is 6.53. The van der Waals surface area contributed by atoms with Gasteiger partial charge in [-0.25, -0.2) is 0 Å². The number of hydrogen-bond acceptors (Lipinski definition) is 6. The fourth-order valence-corrected chi connectivity index (χ4v) is 5.33. The highest BCUT2D eigenvalue weighted by Crippen LogP contribution is 2.30. The molecule has 168 valence electrons. The Hall–Kier alpha value is -0.880. The molecule has 1 heterocycles. The Bertz CT molecular complexity index is 932. The molecule has 1 amide bonds. The fourth-order valence-electron chi connectivity index (χ4n) is 2.84. The first-order chi connectivity index (χ1) is 13.7. The summed E-state index contributed by atoms with van der Waals surface area (Å²) in [6.45, 7) is 0.0736. The molecule has 8 nitrogen and oxygen atoms in total. The Kier molecular flexibility index (Phi) is 8.23. The van der Waals surface area contributed by atoms with Gasteiger partial charge in [0.05, 0.1) is 15.1 Å². The number of halogens is 5. The van der Waals surface area contributed by atoms with Gasteiger partial charge in [0.1, 0.15) is 11.5 Å². The number of ether oxygens (including phenoxy) is 1. The number of carbonyl (C=O) groups excluding carboxylic acids is 2. The number of likely N-dealkylation sites (tertiary alicyclic amines) is 1. The van der Waals surface area contributed by atoms with E-state index in [0.29, 0.717) is 3.57 Å². The van der Waals surface area contributed by atoms with Crippen molar-refractivity contribution in [2.75, 3.05) is 18.8 Å². The second-order valence-electron chi connectivity index (χ2n) is 6.57. The molecule has 0 aliphatic carbocycles. The molecule has 1 aromatic carbocycles. The van der Waals surface area contributed by atoms with Crippen LogP contribution in [0.15, 0.2) is 12.1 Å². The number of rotatable bonds is 5. The van der Waals surface area contributed by atoms with E-state index in [2.05, 4.69) is 4.74 Å². The SMILES string of the molecule is O=C(OC(CS(=O)(=O)O)C(F)(F)F)C1CCN(C(=O)c2cc(I)cc(I)c2O)CC1. The molecule has 1 aliphatic heterocycles. The second kappa shape index (κ2) is 9.72. The molecule has 1 saturated heterocycles. The lowest BCUT2D eigenvalue weighted by Crippen LogP contribution is -2.44. The van der Waals surface area contributed by atoms with Gasteiger partial charge in [0.2, 0.25) is 6.10 Å². The third-order valence-electron chi connectivity index (χ3n) is 4.36. The monoisotopic (exact) mass is 677 g/mol. The normalized spacial score (nSPS) is 16.9. The maximum absolute atomic E-state index is 12.9. The van der Waals surface area contributed by atoms with E-state index < -0.39 is 45.9 Å². The van der Waals surface area contributed by atoms with Gasteiger partial charge in [-0.2, -0.15) is 21.6 Å². The summed E-state index contributed by atoms with van der Waals surface area (Å²) in [4.78, 5) is 26.1. The molecule has 2 N–H and O–H groups in total. The standard InChI is InChI=1S/C16H16F3I2NO7S/c17-16(18,19)12(7-30(26,27)28)29-15(25)8-1-3-22(4-2-8)14(24)10-5-9(20)6-11(21)13(10)23/h5-6,8,12,23H,1-4,7H2,(H,26,27,28). The number of amides is 1. The molecule has 1 unspecified atom stereocenters. The van der Waals surface area contributed by atoms with E-state index in [1.165, 1.54) is 11.0 Å².